The van der Waals surface area contributed by atoms with Crippen LogP contribution in [0.2, 0.25) is 0 Å². The Kier molecular flexibility index (Phi) is 2.00. The molecule has 12 heavy (non-hydrogen) atoms. The topological polar surface area (TPSA) is 32.3 Å². The smallest absolute Gasteiger partial charge is 0.115 e. The molecule has 1 fully saturated rings. The van der Waals surface area contributed by atoms with Crippen LogP contribution in [0, 0.1) is 0 Å². The molecule has 0 bridgehead atoms. The van der Waals surface area contributed by atoms with Crippen LogP contribution < -0.4 is 5.32 Å². The molecule has 2 N–H and O–H groups in total. The lowest BCUT2D eigenvalue weighted by molar-refractivity contribution is 0.474. The molecule has 0 spiro atoms. The van der Waals surface area contributed by atoms with E-state index >= 15 is 0 Å². The van der Waals surface area contributed by atoms with Gasteiger partial charge in [0.1, 0.15) is 5.75 Å². The van der Waals surface area contributed by atoms with Crippen LogP contribution in [0.15, 0.2) is 24.3 Å². The van der Waals surface area contributed by atoms with Gasteiger partial charge in [-0.05, 0) is 37.1 Å². The summed E-state index contributed by atoms with van der Waals surface area (Å²) in [5, 5.41) is 12.5. The van der Waals surface area contributed by atoms with Crippen molar-refractivity contribution in [3.8, 4) is 5.75 Å². The summed E-state index contributed by atoms with van der Waals surface area (Å²) in [6, 6.07) is 7.96. The van der Waals surface area contributed by atoms with E-state index in [1.807, 2.05) is 12.1 Å². The predicted molar refractivity (Wildman–Crippen MR) is 48.1 cm³/mol. The van der Waals surface area contributed by atoms with Crippen molar-refractivity contribution in [3.05, 3.63) is 29.8 Å². The van der Waals surface area contributed by atoms with E-state index in [0.29, 0.717) is 11.8 Å². The zero-order valence-electron chi connectivity index (χ0n) is 6.96. The first kappa shape index (κ1) is 7.62. The maximum absolute atomic E-state index is 9.08. The molecule has 1 saturated heterocycles. The molecule has 1 aliphatic rings. The Balaban J connectivity index is 2.17. The highest BCUT2D eigenvalue weighted by Gasteiger charge is 2.15. The highest BCUT2D eigenvalue weighted by Crippen LogP contribution is 2.23. The molecule has 1 atom stereocenters. The summed E-state index contributed by atoms with van der Waals surface area (Å²) in [6.07, 6.45) is 2.47. The molecule has 1 aliphatic heterocycles. The highest BCUT2D eigenvalue weighted by molar-refractivity contribution is 5.28. The van der Waals surface area contributed by atoms with Crippen LogP contribution >= 0.6 is 0 Å². The van der Waals surface area contributed by atoms with Crippen molar-refractivity contribution in [2.45, 2.75) is 18.9 Å². The zero-order chi connectivity index (χ0) is 8.39. The molecule has 2 rings (SSSR count). The van der Waals surface area contributed by atoms with E-state index in [9.17, 15) is 0 Å². The third-order valence-corrected chi connectivity index (χ3v) is 2.36. The fourth-order valence-electron chi connectivity index (χ4n) is 1.68. The average molecular weight is 163 g/mol. The van der Waals surface area contributed by atoms with Gasteiger partial charge in [-0.3, -0.25) is 0 Å². The summed E-state index contributed by atoms with van der Waals surface area (Å²) in [6.45, 7) is 1.12. The summed E-state index contributed by atoms with van der Waals surface area (Å²) in [4.78, 5) is 0. The van der Waals surface area contributed by atoms with Crippen molar-refractivity contribution < 1.29 is 5.11 Å². The van der Waals surface area contributed by atoms with E-state index in [4.69, 9.17) is 5.11 Å². The van der Waals surface area contributed by atoms with Crippen molar-refractivity contribution in [2.75, 3.05) is 6.54 Å². The largest absolute Gasteiger partial charge is 0.508 e. The van der Waals surface area contributed by atoms with E-state index in [1.54, 1.807) is 12.1 Å². The second kappa shape index (κ2) is 3.15. The van der Waals surface area contributed by atoms with Gasteiger partial charge in [-0.25, -0.2) is 0 Å². The Bertz CT molecular complexity index is 249. The summed E-state index contributed by atoms with van der Waals surface area (Å²) >= 11 is 0. The Labute approximate surface area is 72.2 Å². The maximum Gasteiger partial charge on any atom is 0.115 e. The lowest BCUT2D eigenvalue weighted by Crippen LogP contribution is -2.12. The summed E-state index contributed by atoms with van der Waals surface area (Å²) in [5.74, 6) is 0.344. The van der Waals surface area contributed by atoms with Crippen LogP contribution in [0.1, 0.15) is 24.4 Å². The van der Waals surface area contributed by atoms with Gasteiger partial charge in [0.05, 0.1) is 0 Å². The minimum atomic E-state index is 0.344. The van der Waals surface area contributed by atoms with Gasteiger partial charge < -0.3 is 10.4 Å². The van der Waals surface area contributed by atoms with Crippen molar-refractivity contribution in [1.82, 2.24) is 5.32 Å². The molecular formula is C10H13NO. The number of phenolic OH excluding ortho intramolecular Hbond substituents is 1. The second-order valence-electron chi connectivity index (χ2n) is 3.24. The zero-order valence-corrected chi connectivity index (χ0v) is 6.96. The molecule has 0 aromatic heterocycles. The molecule has 2 nitrogen and oxygen atoms in total. The summed E-state index contributed by atoms with van der Waals surface area (Å²) in [5.41, 5.74) is 1.28. The average Bonchev–Trinajstić information content (AvgIpc) is 2.58. The van der Waals surface area contributed by atoms with Gasteiger partial charge in [0.15, 0.2) is 0 Å². The van der Waals surface area contributed by atoms with E-state index in [-0.39, 0.29) is 0 Å². The predicted octanol–water partition coefficient (Wildman–Crippen LogP) is 1.82. The molecule has 1 aromatic carbocycles. The van der Waals surface area contributed by atoms with Crippen molar-refractivity contribution >= 4 is 0 Å². The van der Waals surface area contributed by atoms with Crippen LogP contribution in [-0.2, 0) is 0 Å². The Morgan fingerprint density at radius 2 is 2.00 bits per heavy atom. The number of rotatable bonds is 1. The first-order valence-electron chi connectivity index (χ1n) is 4.38. The van der Waals surface area contributed by atoms with Gasteiger partial charge in [-0.1, -0.05) is 12.1 Å². The van der Waals surface area contributed by atoms with E-state index in [2.05, 4.69) is 5.32 Å². The molecule has 0 radical (unpaired) electrons. The van der Waals surface area contributed by atoms with Crippen LogP contribution in [-0.4, -0.2) is 11.7 Å². The minimum absolute atomic E-state index is 0.344. The first-order valence-corrected chi connectivity index (χ1v) is 4.38. The third-order valence-electron chi connectivity index (χ3n) is 2.36. The van der Waals surface area contributed by atoms with Gasteiger partial charge in [0, 0.05) is 6.04 Å². The van der Waals surface area contributed by atoms with Gasteiger partial charge in [0.25, 0.3) is 0 Å². The standard InChI is InChI=1S/C10H13NO/c12-9-5-3-8(4-6-9)10-2-1-7-11-10/h3-6,10-12H,1-2,7H2. The van der Waals surface area contributed by atoms with E-state index < -0.39 is 0 Å². The molecule has 0 saturated carbocycles. The van der Waals surface area contributed by atoms with Crippen molar-refractivity contribution in [2.24, 2.45) is 0 Å². The highest BCUT2D eigenvalue weighted by atomic mass is 16.3. The van der Waals surface area contributed by atoms with Crippen LogP contribution in [0.3, 0.4) is 0 Å². The lowest BCUT2D eigenvalue weighted by atomic mass is 10.1. The molecule has 2 heteroatoms. The van der Waals surface area contributed by atoms with Crippen LogP contribution in [0.5, 0.6) is 5.75 Å². The first-order chi connectivity index (χ1) is 5.86. The molecular weight excluding hydrogens is 150 g/mol. The van der Waals surface area contributed by atoms with Gasteiger partial charge in [-0.15, -0.1) is 0 Å². The Morgan fingerprint density at radius 3 is 2.58 bits per heavy atom. The molecule has 0 aliphatic carbocycles. The molecule has 0 amide bonds. The minimum Gasteiger partial charge on any atom is -0.508 e. The molecule has 64 valence electrons. The fourth-order valence-corrected chi connectivity index (χ4v) is 1.68. The molecule has 1 aromatic rings. The Hall–Kier alpha value is -1.02. The Morgan fingerprint density at radius 1 is 1.25 bits per heavy atom. The van der Waals surface area contributed by atoms with Crippen molar-refractivity contribution in [3.63, 3.8) is 0 Å². The number of aromatic hydroxyl groups is 1. The summed E-state index contributed by atoms with van der Waals surface area (Å²) < 4.78 is 0. The summed E-state index contributed by atoms with van der Waals surface area (Å²) in [7, 11) is 0. The third kappa shape index (κ3) is 1.43. The van der Waals surface area contributed by atoms with Gasteiger partial charge in [0.2, 0.25) is 0 Å². The van der Waals surface area contributed by atoms with Crippen LogP contribution in [0.4, 0.5) is 0 Å². The monoisotopic (exact) mass is 163 g/mol. The molecule has 1 heterocycles. The van der Waals surface area contributed by atoms with Gasteiger partial charge in [-0.2, -0.15) is 0 Å². The lowest BCUT2D eigenvalue weighted by Gasteiger charge is -2.09. The fraction of sp³-hybridized carbons (Fsp3) is 0.400. The second-order valence-corrected chi connectivity index (χ2v) is 3.24. The van der Waals surface area contributed by atoms with E-state index in [1.165, 1.54) is 18.4 Å². The number of phenols is 1. The van der Waals surface area contributed by atoms with E-state index in [0.717, 1.165) is 6.54 Å². The van der Waals surface area contributed by atoms with Crippen LogP contribution in [0.25, 0.3) is 0 Å². The SMILES string of the molecule is Oc1ccc(C2CCCN2)cc1. The number of nitrogens with one attached hydrogen (secondary N) is 1. The number of hydrogen-bond acceptors (Lipinski definition) is 2. The quantitative estimate of drug-likeness (QED) is 0.661. The van der Waals surface area contributed by atoms with Gasteiger partial charge >= 0.3 is 0 Å². The normalized spacial score (nSPS) is 22.8. The number of hydrogen-bond donors (Lipinski definition) is 2. The van der Waals surface area contributed by atoms with Crippen molar-refractivity contribution in [1.29, 1.82) is 0 Å². The maximum atomic E-state index is 9.08. The molecule has 1 unspecified atom stereocenters. The number of benzene rings is 1.